The molecule has 2 aromatic carbocycles. The molecule has 2 aliphatic heterocycles. The van der Waals surface area contributed by atoms with Crippen LogP contribution in [0.4, 0.5) is 0 Å². The summed E-state index contributed by atoms with van der Waals surface area (Å²) in [6.07, 6.45) is 4.21. The van der Waals surface area contributed by atoms with Crippen LogP contribution in [0.2, 0.25) is 0 Å². The van der Waals surface area contributed by atoms with Gasteiger partial charge in [-0.1, -0.05) is 104 Å². The summed E-state index contributed by atoms with van der Waals surface area (Å²) in [6, 6.07) is 12.8. The van der Waals surface area contributed by atoms with Crippen LogP contribution in [0.15, 0.2) is 71.9 Å². The first kappa shape index (κ1) is 64.2. The van der Waals surface area contributed by atoms with Crippen LogP contribution in [0, 0.1) is 23.7 Å². The number of likely N-dealkylation sites (N-methyl/N-ethyl adjacent to an activating group) is 2. The quantitative estimate of drug-likeness (QED) is 0.0267. The molecule has 1 fully saturated rings. The zero-order valence-electron chi connectivity index (χ0n) is 48.6. The summed E-state index contributed by atoms with van der Waals surface area (Å²) < 4.78 is 18.3. The van der Waals surface area contributed by atoms with Crippen molar-refractivity contribution in [3.63, 3.8) is 0 Å². The Morgan fingerprint density at radius 3 is 1.97 bits per heavy atom. The van der Waals surface area contributed by atoms with Crippen molar-refractivity contribution in [1.29, 1.82) is 0 Å². The molecule has 0 radical (unpaired) electrons. The molecule has 2 heterocycles. The number of imide groups is 1. The fraction of sp³-hybridized carbons (Fsp3) is 0.610. The number of amides is 7. The van der Waals surface area contributed by atoms with Gasteiger partial charge in [0, 0.05) is 52.9 Å². The third-order valence-electron chi connectivity index (χ3n) is 15.2. The van der Waals surface area contributed by atoms with Gasteiger partial charge in [0.25, 0.3) is 11.8 Å². The Balaban J connectivity index is 1.40. The summed E-state index contributed by atoms with van der Waals surface area (Å²) in [6.45, 7) is 17.8. The number of hydrogen-bond donors (Lipinski definition) is 3. The van der Waals surface area contributed by atoms with E-state index in [-0.39, 0.29) is 77.5 Å². The van der Waals surface area contributed by atoms with Crippen LogP contribution in [0.1, 0.15) is 141 Å². The predicted octanol–water partition coefficient (Wildman–Crippen LogP) is 6.06. The number of nitrogens with one attached hydrogen (secondary N) is 3. The minimum atomic E-state index is -0.891. The number of esters is 1. The van der Waals surface area contributed by atoms with Gasteiger partial charge in [-0.15, -0.1) is 0 Å². The van der Waals surface area contributed by atoms with E-state index in [9.17, 15) is 38.4 Å². The standard InChI is InChI=1S/C59H88N8O11/c1-15-38(6)53(65(12)58(74)51(36(2)3)61-57(73)52(37(4)5)64(10)11)46(76-13)35-50(71)66-34-22-25-45(66)54(77-14)39(7)56(72)60-41(9)55(43-23-18-16-19-24-43)78-59(75)44-29-27-42(28-30-44)40(8)62-63-47(68)26-20-17-21-33-67-48(69)31-32-49(67)70/h16,18-19,23-24,27-32,36-39,41,45-46,51-55H,15,17,20-22,25-26,33-35H2,1-14H3,(H,60,72)(H,61,73)(H,63,68)/b62-40-/t38-,39+,41+,45-,46+,51-,52-,53-,54+,55+/m0/s1. The lowest BCUT2D eigenvalue weighted by molar-refractivity contribution is -0.148. The van der Waals surface area contributed by atoms with Crippen molar-refractivity contribution in [3.05, 3.63) is 83.4 Å². The van der Waals surface area contributed by atoms with E-state index in [2.05, 4.69) is 21.2 Å². The average molecular weight is 1090 g/mol. The van der Waals surface area contributed by atoms with Crippen molar-refractivity contribution in [2.45, 2.75) is 162 Å². The second kappa shape index (κ2) is 30.7. The van der Waals surface area contributed by atoms with Gasteiger partial charge < -0.3 is 34.6 Å². The van der Waals surface area contributed by atoms with Gasteiger partial charge in [0.05, 0.1) is 60.0 Å². The molecule has 0 aliphatic carbocycles. The van der Waals surface area contributed by atoms with Crippen LogP contribution in [-0.2, 0) is 47.8 Å². The van der Waals surface area contributed by atoms with E-state index in [1.165, 1.54) is 24.2 Å². The van der Waals surface area contributed by atoms with Gasteiger partial charge in [0.1, 0.15) is 12.1 Å². The molecule has 0 saturated carbocycles. The highest BCUT2D eigenvalue weighted by Crippen LogP contribution is 2.31. The molecule has 0 spiro atoms. The van der Waals surface area contributed by atoms with Crippen LogP contribution in [0.25, 0.3) is 0 Å². The Hall–Kier alpha value is -6.31. The molecule has 430 valence electrons. The third-order valence-corrected chi connectivity index (χ3v) is 15.2. The second-order valence-electron chi connectivity index (χ2n) is 21.8. The topological polar surface area (TPSA) is 226 Å². The van der Waals surface area contributed by atoms with Gasteiger partial charge in [-0.05, 0) is 94.6 Å². The van der Waals surface area contributed by atoms with Crippen LogP contribution in [-0.4, -0.2) is 164 Å². The Morgan fingerprint density at radius 1 is 0.782 bits per heavy atom. The van der Waals surface area contributed by atoms with Crippen LogP contribution < -0.4 is 16.1 Å². The van der Waals surface area contributed by atoms with Crippen molar-refractivity contribution < 1.29 is 52.6 Å². The highest BCUT2D eigenvalue weighted by molar-refractivity contribution is 6.12. The maximum absolute atomic E-state index is 14.5. The van der Waals surface area contributed by atoms with E-state index >= 15 is 0 Å². The number of ether oxygens (including phenoxy) is 3. The molecule has 2 aliphatic rings. The second-order valence-corrected chi connectivity index (χ2v) is 21.8. The molecule has 7 amide bonds. The fourth-order valence-corrected chi connectivity index (χ4v) is 10.6. The first-order valence-corrected chi connectivity index (χ1v) is 27.6. The fourth-order valence-electron chi connectivity index (χ4n) is 10.6. The number of carbonyl (C=O) groups is 8. The molecule has 4 rings (SSSR count). The Bertz CT molecular complexity index is 2380. The van der Waals surface area contributed by atoms with Gasteiger partial charge in [0.15, 0.2) is 0 Å². The molecule has 19 nitrogen and oxygen atoms in total. The number of nitrogens with zero attached hydrogens (tertiary/aromatic N) is 5. The maximum Gasteiger partial charge on any atom is 0.338 e. The largest absolute Gasteiger partial charge is 0.452 e. The van der Waals surface area contributed by atoms with Crippen LogP contribution >= 0.6 is 0 Å². The molecule has 0 bridgehead atoms. The first-order chi connectivity index (χ1) is 37.0. The summed E-state index contributed by atoms with van der Waals surface area (Å²) in [7, 11) is 8.48. The number of benzene rings is 2. The number of rotatable bonds is 30. The number of hydrogen-bond acceptors (Lipinski definition) is 13. The highest BCUT2D eigenvalue weighted by Gasteiger charge is 2.44. The van der Waals surface area contributed by atoms with E-state index in [4.69, 9.17) is 14.2 Å². The van der Waals surface area contributed by atoms with Crippen molar-refractivity contribution in [2.75, 3.05) is 48.5 Å². The molecule has 1 saturated heterocycles. The van der Waals surface area contributed by atoms with E-state index in [0.717, 1.165) is 0 Å². The van der Waals surface area contributed by atoms with Gasteiger partial charge in [-0.2, -0.15) is 5.10 Å². The minimum Gasteiger partial charge on any atom is -0.452 e. The molecule has 78 heavy (non-hydrogen) atoms. The maximum atomic E-state index is 14.5. The lowest BCUT2D eigenvalue weighted by atomic mass is 9.89. The van der Waals surface area contributed by atoms with Crippen LogP contribution in [0.3, 0.4) is 0 Å². The van der Waals surface area contributed by atoms with Gasteiger partial charge >= 0.3 is 5.97 Å². The zero-order valence-corrected chi connectivity index (χ0v) is 48.6. The number of methoxy groups -OCH3 is 2. The Morgan fingerprint density at radius 2 is 1.41 bits per heavy atom. The normalized spacial score (nSPS) is 18.3. The number of unbranched alkanes of at least 4 members (excludes halogenated alkanes) is 2. The summed E-state index contributed by atoms with van der Waals surface area (Å²) >= 11 is 0. The Kier molecular flexibility index (Phi) is 25.3. The van der Waals surface area contributed by atoms with Gasteiger partial charge in [-0.25, -0.2) is 10.2 Å². The van der Waals surface area contributed by atoms with E-state index in [0.29, 0.717) is 68.5 Å². The van der Waals surface area contributed by atoms with Crippen LogP contribution in [0.5, 0.6) is 0 Å². The lowest BCUT2D eigenvalue weighted by Crippen LogP contribution is -2.59. The van der Waals surface area contributed by atoms with Crippen molar-refractivity contribution in [3.8, 4) is 0 Å². The monoisotopic (exact) mass is 1080 g/mol. The molecular weight excluding hydrogens is 997 g/mol. The van der Waals surface area contributed by atoms with Crippen molar-refractivity contribution in [2.24, 2.45) is 28.8 Å². The number of carbonyl (C=O) groups excluding carboxylic acids is 8. The van der Waals surface area contributed by atoms with Gasteiger partial charge in [-0.3, -0.25) is 43.4 Å². The smallest absolute Gasteiger partial charge is 0.338 e. The zero-order chi connectivity index (χ0) is 58.0. The third kappa shape index (κ3) is 17.3. The number of likely N-dealkylation sites (tertiary alicyclic amines) is 1. The SMILES string of the molecule is CC[C@H](C)[C@@H]([C@@H](CC(=O)N1CCC[C@H]1[C@H](OC)[C@@H](C)C(=O)N[C@H](C)[C@@H](OC(=O)c1ccc(/C(C)=N\NC(=O)CCCCCN2C(=O)C=CC2=O)cc1)c1ccccc1)OC)N(C)C(=O)[C@@H](NC(=O)[C@H](C(C)C)N(C)C)C(C)C. The van der Waals surface area contributed by atoms with Crippen molar-refractivity contribution in [1.82, 2.24) is 35.7 Å². The minimum absolute atomic E-state index is 0.0138. The van der Waals surface area contributed by atoms with E-state index in [1.54, 1.807) is 69.0 Å². The molecule has 3 N–H and O–H groups in total. The first-order valence-electron chi connectivity index (χ1n) is 27.6. The number of hydrazone groups is 1. The summed E-state index contributed by atoms with van der Waals surface area (Å²) in [5.74, 6) is -3.59. The molecule has 19 heteroatoms. The van der Waals surface area contributed by atoms with Crippen molar-refractivity contribution >= 4 is 53.0 Å². The molecule has 0 aromatic heterocycles. The predicted molar refractivity (Wildman–Crippen MR) is 299 cm³/mol. The lowest BCUT2D eigenvalue weighted by Gasteiger charge is -2.41. The highest BCUT2D eigenvalue weighted by atomic mass is 16.5. The van der Waals surface area contributed by atoms with Gasteiger partial charge in [0.2, 0.25) is 29.5 Å². The average Bonchev–Trinajstić information content (AvgIpc) is 4.03. The molecule has 2 aromatic rings. The van der Waals surface area contributed by atoms with E-state index in [1.807, 2.05) is 90.9 Å². The molecular formula is C59H88N8O11. The summed E-state index contributed by atoms with van der Waals surface area (Å²) in [4.78, 5) is 113. The molecule has 0 unspecified atom stereocenters. The Labute approximate surface area is 462 Å². The molecule has 10 atom stereocenters. The summed E-state index contributed by atoms with van der Waals surface area (Å²) in [5.41, 5.74) is 4.66. The summed E-state index contributed by atoms with van der Waals surface area (Å²) in [5, 5.41) is 10.3. The van der Waals surface area contributed by atoms with E-state index < -0.39 is 60.4 Å².